The highest BCUT2D eigenvalue weighted by atomic mass is 16.4. The van der Waals surface area contributed by atoms with Gasteiger partial charge in [-0.15, -0.1) is 0 Å². The average Bonchev–Trinajstić information content (AvgIpc) is 2.51. The van der Waals surface area contributed by atoms with Gasteiger partial charge in [0.25, 0.3) is 0 Å². The Labute approximate surface area is 163 Å². The Bertz CT molecular complexity index is 817. The second-order valence-electron chi connectivity index (χ2n) is 9.79. The highest BCUT2D eigenvalue weighted by molar-refractivity contribution is 5.76. The summed E-state index contributed by atoms with van der Waals surface area (Å²) >= 11 is 0. The lowest BCUT2D eigenvalue weighted by molar-refractivity contribution is -0.142. The van der Waals surface area contributed by atoms with Crippen LogP contribution in [0.25, 0.3) is 11.1 Å². The van der Waals surface area contributed by atoms with E-state index >= 15 is 0 Å². The summed E-state index contributed by atoms with van der Waals surface area (Å²) in [7, 11) is 0. The smallest absolute Gasteiger partial charge is 0.310 e. The van der Waals surface area contributed by atoms with Crippen LogP contribution in [0.3, 0.4) is 0 Å². The molecule has 1 aliphatic heterocycles. The van der Waals surface area contributed by atoms with Gasteiger partial charge >= 0.3 is 5.97 Å². The summed E-state index contributed by atoms with van der Waals surface area (Å²) in [6, 6.07) is 15.4. The zero-order chi connectivity index (χ0) is 20.0. The molecule has 0 amide bonds. The molecular formula is C24H31NO2. The fraction of sp³-hybridized carbons (Fsp3) is 0.458. The largest absolute Gasteiger partial charge is 0.481 e. The summed E-state index contributed by atoms with van der Waals surface area (Å²) in [5.41, 5.74) is 6.35. The van der Waals surface area contributed by atoms with E-state index in [9.17, 15) is 4.79 Å². The number of rotatable bonds is 3. The first-order chi connectivity index (χ1) is 12.4. The normalized spacial score (nSPS) is 15.6. The van der Waals surface area contributed by atoms with Crippen LogP contribution in [0, 0.1) is 5.92 Å². The minimum Gasteiger partial charge on any atom is -0.481 e. The predicted octanol–water partition coefficient (Wildman–Crippen LogP) is 5.47. The van der Waals surface area contributed by atoms with Gasteiger partial charge < -0.3 is 10.0 Å². The molecule has 0 bridgehead atoms. The molecule has 27 heavy (non-hydrogen) atoms. The maximum Gasteiger partial charge on any atom is 0.310 e. The van der Waals surface area contributed by atoms with Crippen molar-refractivity contribution in [3.63, 3.8) is 0 Å². The number of nitrogens with zero attached hydrogens (tertiary/aromatic N) is 1. The first-order valence-electron chi connectivity index (χ1n) is 9.69. The maximum atomic E-state index is 11.1. The molecule has 0 aliphatic carbocycles. The molecule has 3 rings (SSSR count). The number of benzene rings is 2. The van der Waals surface area contributed by atoms with Gasteiger partial charge in [-0.05, 0) is 45.2 Å². The van der Waals surface area contributed by atoms with Crippen LogP contribution in [0.5, 0.6) is 0 Å². The Morgan fingerprint density at radius 1 is 0.889 bits per heavy atom. The lowest BCUT2D eigenvalue weighted by Gasteiger charge is -2.38. The average molecular weight is 366 g/mol. The molecule has 0 saturated carbocycles. The maximum absolute atomic E-state index is 11.1. The van der Waals surface area contributed by atoms with Crippen molar-refractivity contribution in [2.75, 3.05) is 18.0 Å². The summed E-state index contributed by atoms with van der Waals surface area (Å²) in [4.78, 5) is 13.2. The number of carbonyl (C=O) groups is 1. The van der Waals surface area contributed by atoms with Crippen molar-refractivity contribution >= 4 is 11.7 Å². The van der Waals surface area contributed by atoms with Crippen LogP contribution in [0.1, 0.15) is 52.7 Å². The van der Waals surface area contributed by atoms with Crippen LogP contribution in [0.2, 0.25) is 0 Å². The molecule has 0 atom stereocenters. The van der Waals surface area contributed by atoms with E-state index < -0.39 is 5.97 Å². The number of hydrogen-bond donors (Lipinski definition) is 1. The topological polar surface area (TPSA) is 40.5 Å². The number of aliphatic carboxylic acids is 1. The zero-order valence-corrected chi connectivity index (χ0v) is 17.3. The Balaban J connectivity index is 1.99. The number of carboxylic acid groups (broad SMARTS) is 1. The first-order valence-corrected chi connectivity index (χ1v) is 9.69. The van der Waals surface area contributed by atoms with E-state index in [1.807, 2.05) is 0 Å². The molecule has 3 heteroatoms. The van der Waals surface area contributed by atoms with Crippen LogP contribution in [0.4, 0.5) is 5.69 Å². The number of anilines is 1. The second kappa shape index (κ2) is 6.70. The minimum absolute atomic E-state index is 0.0831. The van der Waals surface area contributed by atoms with E-state index in [1.54, 1.807) is 0 Å². The molecule has 1 fully saturated rings. The lowest BCUT2D eigenvalue weighted by Crippen LogP contribution is -2.50. The quantitative estimate of drug-likeness (QED) is 0.784. The molecule has 1 N–H and O–H groups in total. The van der Waals surface area contributed by atoms with Gasteiger partial charge in [-0.2, -0.15) is 0 Å². The standard InChI is InChI=1S/C24H31NO2/c1-23(2,3)19-10-17(11-20(13-19)24(4,5)6)16-8-7-9-21(12-16)25-14-18(15-25)22(26)27/h7-13,18H,14-15H2,1-6H3,(H,26,27). The Hall–Kier alpha value is -2.29. The zero-order valence-electron chi connectivity index (χ0n) is 17.3. The third-order valence-electron chi connectivity index (χ3n) is 5.44. The van der Waals surface area contributed by atoms with Crippen LogP contribution < -0.4 is 4.90 Å². The van der Waals surface area contributed by atoms with Crippen molar-refractivity contribution in [3.8, 4) is 11.1 Å². The fourth-order valence-corrected chi connectivity index (χ4v) is 3.39. The molecule has 1 saturated heterocycles. The monoisotopic (exact) mass is 365 g/mol. The second-order valence-corrected chi connectivity index (χ2v) is 9.79. The van der Waals surface area contributed by atoms with Gasteiger partial charge in [0.15, 0.2) is 0 Å². The van der Waals surface area contributed by atoms with Gasteiger partial charge in [-0.1, -0.05) is 71.9 Å². The third kappa shape index (κ3) is 4.18. The summed E-state index contributed by atoms with van der Waals surface area (Å²) in [6.07, 6.45) is 0. The van der Waals surface area contributed by atoms with Gasteiger partial charge in [-0.3, -0.25) is 4.79 Å². The van der Waals surface area contributed by atoms with Crippen LogP contribution in [-0.4, -0.2) is 24.2 Å². The highest BCUT2D eigenvalue weighted by Gasteiger charge is 2.32. The molecule has 1 heterocycles. The molecule has 2 aromatic carbocycles. The SMILES string of the molecule is CC(C)(C)c1cc(-c2cccc(N3CC(C(=O)O)C3)c2)cc(C(C)(C)C)c1. The summed E-state index contributed by atoms with van der Waals surface area (Å²) in [5.74, 6) is -0.944. The van der Waals surface area contributed by atoms with Gasteiger partial charge in [0, 0.05) is 18.8 Å². The number of carboxylic acids is 1. The fourth-order valence-electron chi connectivity index (χ4n) is 3.39. The van der Waals surface area contributed by atoms with Gasteiger partial charge in [0.05, 0.1) is 5.92 Å². The minimum atomic E-state index is -0.699. The molecule has 144 valence electrons. The summed E-state index contributed by atoms with van der Waals surface area (Å²) in [6.45, 7) is 14.7. The van der Waals surface area contributed by atoms with E-state index in [0.717, 1.165) is 5.69 Å². The van der Waals surface area contributed by atoms with Crippen LogP contribution >= 0.6 is 0 Å². The summed E-state index contributed by atoms with van der Waals surface area (Å²) in [5, 5.41) is 9.12. The predicted molar refractivity (Wildman–Crippen MR) is 113 cm³/mol. The van der Waals surface area contributed by atoms with E-state index in [0.29, 0.717) is 13.1 Å². The highest BCUT2D eigenvalue weighted by Crippen LogP contribution is 2.35. The van der Waals surface area contributed by atoms with E-state index in [2.05, 4.69) is 88.9 Å². The Morgan fingerprint density at radius 3 is 1.93 bits per heavy atom. The van der Waals surface area contributed by atoms with Gasteiger partial charge in [-0.25, -0.2) is 0 Å². The first kappa shape index (κ1) is 19.5. The molecule has 3 nitrogen and oxygen atoms in total. The van der Waals surface area contributed by atoms with E-state index in [-0.39, 0.29) is 16.7 Å². The number of hydrogen-bond acceptors (Lipinski definition) is 2. The molecule has 1 aliphatic rings. The lowest BCUT2D eigenvalue weighted by atomic mass is 9.79. The Kier molecular flexibility index (Phi) is 4.83. The third-order valence-corrected chi connectivity index (χ3v) is 5.44. The van der Waals surface area contributed by atoms with E-state index in [4.69, 9.17) is 5.11 Å². The van der Waals surface area contributed by atoms with Crippen molar-refractivity contribution in [3.05, 3.63) is 53.6 Å². The van der Waals surface area contributed by atoms with Crippen molar-refractivity contribution in [2.45, 2.75) is 52.4 Å². The molecule has 0 unspecified atom stereocenters. The van der Waals surface area contributed by atoms with Crippen LogP contribution in [-0.2, 0) is 15.6 Å². The molecule has 0 aromatic heterocycles. The van der Waals surface area contributed by atoms with Crippen molar-refractivity contribution in [1.29, 1.82) is 0 Å². The molecule has 0 spiro atoms. The molecule has 2 aromatic rings. The summed E-state index contributed by atoms with van der Waals surface area (Å²) < 4.78 is 0. The van der Waals surface area contributed by atoms with Gasteiger partial charge in [0.1, 0.15) is 0 Å². The van der Waals surface area contributed by atoms with Gasteiger partial charge in [0.2, 0.25) is 0 Å². The molecular weight excluding hydrogens is 334 g/mol. The van der Waals surface area contributed by atoms with E-state index in [1.165, 1.54) is 22.3 Å². The molecule has 0 radical (unpaired) electrons. The van der Waals surface area contributed by atoms with Crippen molar-refractivity contribution < 1.29 is 9.90 Å². The van der Waals surface area contributed by atoms with Crippen LogP contribution in [0.15, 0.2) is 42.5 Å². The van der Waals surface area contributed by atoms with Crippen molar-refractivity contribution in [2.24, 2.45) is 5.92 Å². The van der Waals surface area contributed by atoms with Crippen molar-refractivity contribution in [1.82, 2.24) is 0 Å². The Morgan fingerprint density at radius 2 is 1.44 bits per heavy atom.